The Labute approximate surface area is 192 Å². The predicted octanol–water partition coefficient (Wildman–Crippen LogP) is 4.35. The molecule has 1 aliphatic rings. The van der Waals surface area contributed by atoms with E-state index in [0.717, 1.165) is 29.7 Å². The highest BCUT2D eigenvalue weighted by Crippen LogP contribution is 2.32. The molecule has 0 bridgehead atoms. The van der Waals surface area contributed by atoms with Crippen LogP contribution in [0.5, 0.6) is 0 Å². The molecule has 1 fully saturated rings. The first kappa shape index (κ1) is 20.9. The molecule has 4 heterocycles. The molecule has 2 atom stereocenters. The number of likely N-dealkylation sites (tertiary alicyclic amines) is 1. The summed E-state index contributed by atoms with van der Waals surface area (Å²) in [4.78, 5) is 27.2. The van der Waals surface area contributed by atoms with Gasteiger partial charge in [0.1, 0.15) is 17.2 Å². The molecule has 168 valence electrons. The summed E-state index contributed by atoms with van der Waals surface area (Å²) >= 11 is 0. The van der Waals surface area contributed by atoms with E-state index in [0.29, 0.717) is 24.5 Å². The number of hydrogen-bond acceptors (Lipinski definition) is 5. The van der Waals surface area contributed by atoms with Crippen LogP contribution in [0.4, 0.5) is 10.6 Å². The van der Waals surface area contributed by atoms with E-state index in [-0.39, 0.29) is 6.04 Å². The largest absolute Gasteiger partial charge is 0.465 e. The Balaban J connectivity index is 1.33. The summed E-state index contributed by atoms with van der Waals surface area (Å²) in [6, 6.07) is 15.8. The van der Waals surface area contributed by atoms with Crippen molar-refractivity contribution in [3.8, 4) is 11.4 Å². The lowest BCUT2D eigenvalue weighted by atomic mass is 9.81. The lowest BCUT2D eigenvalue weighted by Crippen LogP contribution is -2.58. The molecular formula is C25H26N6O2. The average Bonchev–Trinajstić information content (AvgIpc) is 3.25. The van der Waals surface area contributed by atoms with E-state index in [4.69, 9.17) is 4.98 Å². The SMILES string of the molecule is C[C@@]1(Cc2ccccc2)CC[C@@H](Nc2cncc(-c3cnc4ccccn34)n2)CN1C(=O)O. The number of fused-ring (bicyclic) bond motifs is 1. The fourth-order valence-electron chi connectivity index (χ4n) is 4.69. The lowest BCUT2D eigenvalue weighted by Gasteiger charge is -2.46. The summed E-state index contributed by atoms with van der Waals surface area (Å²) in [7, 11) is 0. The number of carbonyl (C=O) groups is 1. The van der Waals surface area contributed by atoms with Gasteiger partial charge in [-0.15, -0.1) is 0 Å². The Kier molecular flexibility index (Phi) is 5.42. The fourth-order valence-corrected chi connectivity index (χ4v) is 4.69. The highest BCUT2D eigenvalue weighted by atomic mass is 16.4. The van der Waals surface area contributed by atoms with Crippen molar-refractivity contribution in [2.75, 3.05) is 11.9 Å². The smallest absolute Gasteiger partial charge is 0.407 e. The standard InChI is InChI=1S/C25H26N6O2/c1-25(13-18-7-3-2-4-8-18)11-10-19(17-31(25)24(32)33)28-22-16-26-14-20(29-22)21-15-27-23-9-5-6-12-30(21)23/h2-9,12,14-16,19H,10-11,13,17H2,1H3,(H,28,29)(H,32,33)/t19-,25+/m1/s1. The van der Waals surface area contributed by atoms with Crippen LogP contribution in [0.3, 0.4) is 0 Å². The normalized spacial score (nSPS) is 20.6. The van der Waals surface area contributed by atoms with Crippen LogP contribution < -0.4 is 5.32 Å². The minimum atomic E-state index is -0.898. The molecule has 0 radical (unpaired) electrons. The first-order valence-electron chi connectivity index (χ1n) is 11.1. The summed E-state index contributed by atoms with van der Waals surface area (Å²) in [5.41, 5.74) is 3.10. The van der Waals surface area contributed by atoms with Crippen molar-refractivity contribution in [3.05, 3.63) is 78.9 Å². The van der Waals surface area contributed by atoms with Gasteiger partial charge in [0.05, 0.1) is 24.3 Å². The minimum Gasteiger partial charge on any atom is -0.465 e. The first-order chi connectivity index (χ1) is 16.0. The van der Waals surface area contributed by atoms with E-state index in [9.17, 15) is 9.90 Å². The molecular weight excluding hydrogens is 416 g/mol. The number of anilines is 1. The first-order valence-corrected chi connectivity index (χ1v) is 11.1. The third-order valence-corrected chi connectivity index (χ3v) is 6.41. The third kappa shape index (κ3) is 4.24. The maximum Gasteiger partial charge on any atom is 0.407 e. The maximum absolute atomic E-state index is 12.2. The quantitative estimate of drug-likeness (QED) is 0.477. The van der Waals surface area contributed by atoms with Crippen LogP contribution in [0.25, 0.3) is 17.0 Å². The van der Waals surface area contributed by atoms with Gasteiger partial charge >= 0.3 is 6.09 Å². The number of carboxylic acid groups (broad SMARTS) is 1. The summed E-state index contributed by atoms with van der Waals surface area (Å²) in [6.07, 6.45) is 8.50. The van der Waals surface area contributed by atoms with E-state index in [2.05, 4.69) is 27.4 Å². The highest BCUT2D eigenvalue weighted by Gasteiger charge is 2.41. The van der Waals surface area contributed by atoms with Crippen LogP contribution in [0.1, 0.15) is 25.3 Å². The van der Waals surface area contributed by atoms with Crippen LogP contribution >= 0.6 is 0 Å². The second-order valence-electron chi connectivity index (χ2n) is 8.79. The second kappa shape index (κ2) is 8.54. The molecule has 1 aliphatic heterocycles. The van der Waals surface area contributed by atoms with Gasteiger partial charge in [-0.2, -0.15) is 0 Å². The number of piperidine rings is 1. The monoisotopic (exact) mass is 442 g/mol. The van der Waals surface area contributed by atoms with E-state index in [1.165, 1.54) is 0 Å². The van der Waals surface area contributed by atoms with Crippen LogP contribution in [0.2, 0.25) is 0 Å². The number of nitrogens with one attached hydrogen (secondary N) is 1. The number of pyridine rings is 1. The second-order valence-corrected chi connectivity index (χ2v) is 8.79. The van der Waals surface area contributed by atoms with E-state index < -0.39 is 11.6 Å². The van der Waals surface area contributed by atoms with Gasteiger partial charge in [-0.3, -0.25) is 9.38 Å². The van der Waals surface area contributed by atoms with Crippen molar-refractivity contribution in [1.82, 2.24) is 24.3 Å². The van der Waals surface area contributed by atoms with Crippen LogP contribution in [-0.4, -0.2) is 53.6 Å². The van der Waals surface area contributed by atoms with Gasteiger partial charge in [0.15, 0.2) is 0 Å². The molecule has 8 heteroatoms. The van der Waals surface area contributed by atoms with E-state index in [1.54, 1.807) is 23.5 Å². The highest BCUT2D eigenvalue weighted by molar-refractivity contribution is 5.67. The van der Waals surface area contributed by atoms with Crippen LogP contribution in [0, 0.1) is 0 Å². The number of imidazole rings is 1. The van der Waals surface area contributed by atoms with Gasteiger partial charge in [0.2, 0.25) is 0 Å². The molecule has 0 unspecified atom stereocenters. The van der Waals surface area contributed by atoms with Gasteiger partial charge in [-0.1, -0.05) is 36.4 Å². The molecule has 8 nitrogen and oxygen atoms in total. The Morgan fingerprint density at radius 2 is 1.97 bits per heavy atom. The van der Waals surface area contributed by atoms with Gasteiger partial charge in [0, 0.05) is 24.3 Å². The zero-order valence-electron chi connectivity index (χ0n) is 18.4. The van der Waals surface area contributed by atoms with E-state index >= 15 is 0 Å². The molecule has 33 heavy (non-hydrogen) atoms. The van der Waals surface area contributed by atoms with Crippen LogP contribution in [0.15, 0.2) is 73.3 Å². The zero-order valence-corrected chi connectivity index (χ0v) is 18.4. The van der Waals surface area contributed by atoms with Gasteiger partial charge in [-0.25, -0.2) is 14.8 Å². The molecule has 5 rings (SSSR count). The minimum absolute atomic E-state index is 0.0447. The average molecular weight is 443 g/mol. The molecule has 4 aromatic rings. The van der Waals surface area contributed by atoms with Crippen molar-refractivity contribution in [3.63, 3.8) is 0 Å². The Hall–Kier alpha value is -3.94. The summed E-state index contributed by atoms with van der Waals surface area (Å²) < 4.78 is 1.97. The topological polar surface area (TPSA) is 95.7 Å². The van der Waals surface area contributed by atoms with Gasteiger partial charge in [0.25, 0.3) is 0 Å². The molecule has 1 aromatic carbocycles. The zero-order chi connectivity index (χ0) is 22.8. The number of benzene rings is 1. The number of nitrogens with zero attached hydrogens (tertiary/aromatic N) is 5. The fraction of sp³-hybridized carbons (Fsp3) is 0.280. The number of rotatable bonds is 5. The van der Waals surface area contributed by atoms with Crippen molar-refractivity contribution in [2.45, 2.75) is 37.8 Å². The number of amides is 1. The van der Waals surface area contributed by atoms with E-state index in [1.807, 2.05) is 53.9 Å². The predicted molar refractivity (Wildman–Crippen MR) is 126 cm³/mol. The molecule has 1 amide bonds. The molecule has 0 spiro atoms. The summed E-state index contributed by atoms with van der Waals surface area (Å²) in [5, 5.41) is 13.4. The van der Waals surface area contributed by atoms with Crippen molar-refractivity contribution in [2.24, 2.45) is 0 Å². The molecule has 1 saturated heterocycles. The molecule has 2 N–H and O–H groups in total. The number of aromatic nitrogens is 4. The molecule has 3 aromatic heterocycles. The lowest BCUT2D eigenvalue weighted by molar-refractivity contribution is 0.0532. The Morgan fingerprint density at radius 1 is 1.15 bits per heavy atom. The Morgan fingerprint density at radius 3 is 2.79 bits per heavy atom. The molecule has 0 aliphatic carbocycles. The summed E-state index contributed by atoms with van der Waals surface area (Å²) in [6.45, 7) is 2.43. The van der Waals surface area contributed by atoms with Crippen LogP contribution in [-0.2, 0) is 6.42 Å². The summed E-state index contributed by atoms with van der Waals surface area (Å²) in [5.74, 6) is 0.625. The van der Waals surface area contributed by atoms with Crippen molar-refractivity contribution >= 4 is 17.6 Å². The third-order valence-electron chi connectivity index (χ3n) is 6.41. The maximum atomic E-state index is 12.2. The van der Waals surface area contributed by atoms with Gasteiger partial charge < -0.3 is 15.3 Å². The van der Waals surface area contributed by atoms with Crippen molar-refractivity contribution < 1.29 is 9.90 Å². The molecule has 0 saturated carbocycles. The van der Waals surface area contributed by atoms with Gasteiger partial charge in [-0.05, 0) is 43.9 Å². The van der Waals surface area contributed by atoms with Crippen molar-refractivity contribution in [1.29, 1.82) is 0 Å². The number of hydrogen-bond donors (Lipinski definition) is 2. The Bertz CT molecular complexity index is 1270.